The van der Waals surface area contributed by atoms with Crippen LogP contribution in [0.4, 0.5) is 0 Å². The minimum Gasteiger partial charge on any atom is -0.469 e. The summed E-state index contributed by atoms with van der Waals surface area (Å²) in [5.74, 6) is -0.208. The van der Waals surface area contributed by atoms with E-state index >= 15 is 0 Å². The number of hydrogen-bond donors (Lipinski definition) is 1. The first kappa shape index (κ1) is 15.9. The number of fused-ring (bicyclic) bond motifs is 3. The molecule has 4 rings (SSSR count). The summed E-state index contributed by atoms with van der Waals surface area (Å²) in [6, 6.07) is 8.51. The maximum atomic E-state index is 11.2. The van der Waals surface area contributed by atoms with Gasteiger partial charge in [-0.25, -0.2) is 0 Å². The average Bonchev–Trinajstić information content (AvgIpc) is 3.23. The zero-order chi connectivity index (χ0) is 17.2. The first-order valence-electron chi connectivity index (χ1n) is 8.62. The van der Waals surface area contributed by atoms with E-state index in [-0.39, 0.29) is 5.97 Å². The summed E-state index contributed by atoms with van der Waals surface area (Å²) in [7, 11) is 1.41. The summed E-state index contributed by atoms with van der Waals surface area (Å²) in [5, 5.41) is 5.68. The summed E-state index contributed by atoms with van der Waals surface area (Å²) < 4.78 is 6.48. The van der Waals surface area contributed by atoms with Crippen molar-refractivity contribution in [2.75, 3.05) is 13.7 Å². The van der Waals surface area contributed by atoms with Crippen LogP contribution in [0.1, 0.15) is 23.2 Å². The highest BCUT2D eigenvalue weighted by Crippen LogP contribution is 2.28. The van der Waals surface area contributed by atoms with E-state index in [4.69, 9.17) is 0 Å². The van der Waals surface area contributed by atoms with Gasteiger partial charge in [0.25, 0.3) is 0 Å². The van der Waals surface area contributed by atoms with E-state index in [1.165, 1.54) is 34.8 Å². The number of aromatic nitrogens is 3. The molecule has 0 unspecified atom stereocenters. The number of esters is 1. The minimum absolute atomic E-state index is 0.208. The Bertz CT molecular complexity index is 896. The molecule has 6 heteroatoms. The Morgan fingerprint density at radius 2 is 2.24 bits per heavy atom. The largest absolute Gasteiger partial charge is 0.469 e. The van der Waals surface area contributed by atoms with Crippen molar-refractivity contribution in [2.24, 2.45) is 0 Å². The summed E-state index contributed by atoms with van der Waals surface area (Å²) in [6.45, 7) is 3.41. The van der Waals surface area contributed by atoms with Crippen molar-refractivity contribution in [3.63, 3.8) is 0 Å². The average molecular weight is 338 g/mol. The number of nitrogens with one attached hydrogen (secondary N) is 1. The number of H-pyrrole nitrogens is 1. The molecule has 1 aliphatic heterocycles. The third kappa shape index (κ3) is 3.30. The lowest BCUT2D eigenvalue weighted by Crippen LogP contribution is -2.29. The van der Waals surface area contributed by atoms with Gasteiger partial charge in [0, 0.05) is 54.4 Å². The van der Waals surface area contributed by atoms with Gasteiger partial charge in [-0.2, -0.15) is 5.10 Å². The van der Waals surface area contributed by atoms with Gasteiger partial charge in [0.2, 0.25) is 0 Å². The van der Waals surface area contributed by atoms with E-state index in [1.54, 1.807) is 0 Å². The Kier molecular flexibility index (Phi) is 4.28. The fourth-order valence-electron chi connectivity index (χ4n) is 3.53. The molecule has 3 heterocycles. The smallest absolute Gasteiger partial charge is 0.307 e. The molecule has 0 amide bonds. The molecule has 25 heavy (non-hydrogen) atoms. The molecule has 130 valence electrons. The van der Waals surface area contributed by atoms with Crippen LogP contribution < -0.4 is 0 Å². The fourth-order valence-corrected chi connectivity index (χ4v) is 3.53. The minimum atomic E-state index is -0.208. The van der Waals surface area contributed by atoms with Crippen LogP contribution >= 0.6 is 0 Å². The lowest BCUT2D eigenvalue weighted by atomic mass is 10.0. The van der Waals surface area contributed by atoms with Crippen molar-refractivity contribution >= 4 is 16.9 Å². The second kappa shape index (κ2) is 6.72. The van der Waals surface area contributed by atoms with Gasteiger partial charge in [-0.15, -0.1) is 0 Å². The highest BCUT2D eigenvalue weighted by molar-refractivity contribution is 5.84. The number of nitrogens with zero attached hydrogens (tertiary/aromatic N) is 3. The van der Waals surface area contributed by atoms with Crippen LogP contribution in [0.2, 0.25) is 0 Å². The lowest BCUT2D eigenvalue weighted by molar-refractivity contribution is -0.140. The van der Waals surface area contributed by atoms with E-state index in [0.717, 1.165) is 26.1 Å². The van der Waals surface area contributed by atoms with E-state index in [2.05, 4.69) is 44.0 Å². The number of rotatable bonds is 5. The zero-order valence-corrected chi connectivity index (χ0v) is 14.4. The number of ether oxygens (including phenoxy) is 1. The summed E-state index contributed by atoms with van der Waals surface area (Å²) in [5.41, 5.74) is 5.18. The lowest BCUT2D eigenvalue weighted by Gasteiger charge is -2.26. The first-order valence-corrected chi connectivity index (χ1v) is 8.62. The van der Waals surface area contributed by atoms with Crippen molar-refractivity contribution in [2.45, 2.75) is 32.5 Å². The standard InChI is InChI=1S/C19H22N4O2/c1-25-19(24)7-9-23-12-14(10-20-23)11-22-8-6-18-16(13-22)15-4-2-3-5-17(15)21-18/h2-5,10,12,21H,6-9,11,13H2,1H3. The molecule has 3 aromatic rings. The second-order valence-electron chi connectivity index (χ2n) is 6.53. The van der Waals surface area contributed by atoms with Gasteiger partial charge in [-0.05, 0) is 11.6 Å². The predicted octanol–water partition coefficient (Wildman–Crippen LogP) is 2.49. The molecule has 1 aliphatic rings. The molecule has 0 aliphatic carbocycles. The molecule has 0 spiro atoms. The van der Waals surface area contributed by atoms with E-state index in [1.807, 2.05) is 17.1 Å². The number of methoxy groups -OCH3 is 1. The molecule has 0 bridgehead atoms. The van der Waals surface area contributed by atoms with Gasteiger partial charge < -0.3 is 9.72 Å². The quantitative estimate of drug-likeness (QED) is 0.726. The number of aromatic amines is 1. The van der Waals surface area contributed by atoms with Crippen LogP contribution in [0, 0.1) is 0 Å². The molecular formula is C19H22N4O2. The van der Waals surface area contributed by atoms with Crippen LogP contribution in [0.15, 0.2) is 36.7 Å². The molecule has 0 saturated heterocycles. The first-order chi connectivity index (χ1) is 12.2. The fraction of sp³-hybridized carbons (Fsp3) is 0.368. The SMILES string of the molecule is COC(=O)CCn1cc(CN2CCc3[nH]c4ccccc4c3C2)cn1. The van der Waals surface area contributed by atoms with Crippen LogP contribution in [-0.2, 0) is 35.6 Å². The number of carbonyl (C=O) groups excluding carboxylic acids is 1. The normalized spacial score (nSPS) is 14.6. The predicted molar refractivity (Wildman–Crippen MR) is 95.0 cm³/mol. The van der Waals surface area contributed by atoms with Crippen molar-refractivity contribution < 1.29 is 9.53 Å². The maximum Gasteiger partial charge on any atom is 0.307 e. The van der Waals surface area contributed by atoms with Gasteiger partial charge in [-0.3, -0.25) is 14.4 Å². The molecule has 2 aromatic heterocycles. The molecule has 0 atom stereocenters. The van der Waals surface area contributed by atoms with Gasteiger partial charge in [0.1, 0.15) is 0 Å². The van der Waals surface area contributed by atoms with E-state index in [0.29, 0.717) is 13.0 Å². The molecule has 1 N–H and O–H groups in total. The van der Waals surface area contributed by atoms with Crippen LogP contribution in [0.25, 0.3) is 10.9 Å². The van der Waals surface area contributed by atoms with Gasteiger partial charge >= 0.3 is 5.97 Å². The third-order valence-corrected chi connectivity index (χ3v) is 4.83. The summed E-state index contributed by atoms with van der Waals surface area (Å²) in [4.78, 5) is 17.2. The van der Waals surface area contributed by atoms with Crippen LogP contribution in [0.3, 0.4) is 0 Å². The van der Waals surface area contributed by atoms with Crippen LogP contribution in [-0.4, -0.2) is 39.3 Å². The topological polar surface area (TPSA) is 63.1 Å². The second-order valence-corrected chi connectivity index (χ2v) is 6.53. The Morgan fingerprint density at radius 1 is 1.36 bits per heavy atom. The molecule has 0 fully saturated rings. The summed E-state index contributed by atoms with van der Waals surface area (Å²) >= 11 is 0. The molecule has 1 aromatic carbocycles. The number of hydrogen-bond acceptors (Lipinski definition) is 4. The Labute approximate surface area is 146 Å². The van der Waals surface area contributed by atoms with Crippen molar-refractivity contribution in [1.82, 2.24) is 19.7 Å². The molecule has 0 radical (unpaired) electrons. The van der Waals surface area contributed by atoms with Gasteiger partial charge in [0.05, 0.1) is 26.3 Å². The van der Waals surface area contributed by atoms with Gasteiger partial charge in [0.15, 0.2) is 0 Å². The number of benzene rings is 1. The van der Waals surface area contributed by atoms with Crippen molar-refractivity contribution in [3.8, 4) is 0 Å². The molecular weight excluding hydrogens is 316 g/mol. The zero-order valence-electron chi connectivity index (χ0n) is 14.4. The van der Waals surface area contributed by atoms with Gasteiger partial charge in [-0.1, -0.05) is 18.2 Å². The van der Waals surface area contributed by atoms with E-state index < -0.39 is 0 Å². The highest BCUT2D eigenvalue weighted by Gasteiger charge is 2.20. The van der Waals surface area contributed by atoms with Crippen molar-refractivity contribution in [3.05, 3.63) is 53.5 Å². The monoisotopic (exact) mass is 338 g/mol. The molecule has 0 saturated carbocycles. The Hall–Kier alpha value is -2.60. The number of aryl methyl sites for hydroxylation is 1. The highest BCUT2D eigenvalue weighted by atomic mass is 16.5. The summed E-state index contributed by atoms with van der Waals surface area (Å²) in [6.07, 6.45) is 5.30. The van der Waals surface area contributed by atoms with Crippen LogP contribution in [0.5, 0.6) is 0 Å². The third-order valence-electron chi connectivity index (χ3n) is 4.83. The number of carbonyl (C=O) groups is 1. The maximum absolute atomic E-state index is 11.2. The van der Waals surface area contributed by atoms with Crippen molar-refractivity contribution in [1.29, 1.82) is 0 Å². The number of para-hydroxylation sites is 1. The molecule has 6 nitrogen and oxygen atoms in total. The Balaban J connectivity index is 1.42. The van der Waals surface area contributed by atoms with E-state index in [9.17, 15) is 4.79 Å². The Morgan fingerprint density at radius 3 is 3.12 bits per heavy atom.